The van der Waals surface area contributed by atoms with E-state index in [9.17, 15) is 26.4 Å². The first-order valence-corrected chi connectivity index (χ1v) is 15.4. The van der Waals surface area contributed by atoms with E-state index in [2.05, 4.69) is 9.08 Å². The van der Waals surface area contributed by atoms with Crippen LogP contribution in [0.4, 0.5) is 13.2 Å². The smallest absolute Gasteiger partial charge is 0.492 e. The maximum atomic E-state index is 13.9. The van der Waals surface area contributed by atoms with E-state index in [0.29, 0.717) is 38.4 Å². The quantitative estimate of drug-likeness (QED) is 0.105. The maximum Gasteiger partial charge on any atom is 0.534 e. The van der Waals surface area contributed by atoms with Crippen molar-refractivity contribution < 1.29 is 35.3 Å². The summed E-state index contributed by atoms with van der Waals surface area (Å²) in [7, 11) is -5.88. The number of hydrogen-bond acceptors (Lipinski definition) is 7. The highest BCUT2D eigenvalue weighted by atomic mass is 35.5. The molecule has 1 aliphatic rings. The molecule has 0 aliphatic carbocycles. The zero-order valence-corrected chi connectivity index (χ0v) is 24.4. The molecule has 2 heterocycles. The van der Waals surface area contributed by atoms with Crippen LogP contribution < -0.4 is 8.92 Å². The number of thiophene rings is 1. The van der Waals surface area contributed by atoms with Crippen LogP contribution in [0.25, 0.3) is 20.5 Å². The van der Waals surface area contributed by atoms with Crippen LogP contribution in [0.2, 0.25) is 10.0 Å². The number of halogens is 5. The molecule has 5 rings (SSSR count). The third kappa shape index (κ3) is 6.34. The van der Waals surface area contributed by atoms with Gasteiger partial charge >= 0.3 is 15.6 Å². The van der Waals surface area contributed by atoms with Crippen molar-refractivity contribution in [3.8, 4) is 21.9 Å². The second-order valence-electron chi connectivity index (χ2n) is 9.30. The van der Waals surface area contributed by atoms with Gasteiger partial charge in [0.15, 0.2) is 5.78 Å². The number of rotatable bonds is 9. The summed E-state index contributed by atoms with van der Waals surface area (Å²) in [6, 6.07) is 15.1. The molecule has 0 spiro atoms. The van der Waals surface area contributed by atoms with Gasteiger partial charge in [0.05, 0.1) is 10.0 Å². The molecule has 0 radical (unpaired) electrons. The Morgan fingerprint density at radius 2 is 1.66 bits per heavy atom. The van der Waals surface area contributed by atoms with Crippen molar-refractivity contribution in [2.75, 3.05) is 26.2 Å². The molecule has 1 aliphatic heterocycles. The Hall–Kier alpha value is -2.83. The second-order valence-corrected chi connectivity index (χ2v) is 12.7. The van der Waals surface area contributed by atoms with Crippen molar-refractivity contribution in [1.82, 2.24) is 4.90 Å². The highest BCUT2D eigenvalue weighted by Crippen LogP contribution is 2.45. The average Bonchev–Trinajstić information content (AvgIpc) is 3.57. The van der Waals surface area contributed by atoms with Crippen LogP contribution in [0.1, 0.15) is 28.8 Å². The summed E-state index contributed by atoms with van der Waals surface area (Å²) in [5, 5.41) is 0.817. The highest BCUT2D eigenvalue weighted by molar-refractivity contribution is 7.88. The molecule has 216 valence electrons. The minimum Gasteiger partial charge on any atom is -0.492 e. The molecule has 0 N–H and O–H groups in total. The lowest BCUT2D eigenvalue weighted by Gasteiger charge is -2.15. The van der Waals surface area contributed by atoms with Gasteiger partial charge in [-0.2, -0.15) is 21.6 Å². The molecular weight excluding hydrogens is 622 g/mol. The Morgan fingerprint density at radius 3 is 2.34 bits per heavy atom. The fraction of sp³-hybridized carbons (Fsp3) is 0.250. The van der Waals surface area contributed by atoms with Crippen molar-refractivity contribution in [2.45, 2.75) is 18.3 Å². The fourth-order valence-corrected chi connectivity index (χ4v) is 6.71. The standard InChI is InChI=1S/C28H22Cl2F3NO5S2/c29-22-5-3-4-21(25(22)30)27-24(20-11-10-19(16-23(20)40-27)39-41(36,37)28(31,32)33)26(35)17-6-8-18(9-7-17)38-15-14-34-12-1-2-13-34/h3-11,16H,1-2,12-15H2. The Morgan fingerprint density at radius 1 is 0.976 bits per heavy atom. The Bertz CT molecular complexity index is 1700. The molecule has 0 bridgehead atoms. The van der Waals surface area contributed by atoms with Gasteiger partial charge in [0.1, 0.15) is 18.1 Å². The summed E-state index contributed by atoms with van der Waals surface area (Å²) >= 11 is 13.8. The predicted molar refractivity (Wildman–Crippen MR) is 154 cm³/mol. The number of ketones is 1. The number of ether oxygens (including phenoxy) is 1. The molecule has 1 fully saturated rings. The van der Waals surface area contributed by atoms with Crippen LogP contribution in [0, 0.1) is 0 Å². The van der Waals surface area contributed by atoms with E-state index < -0.39 is 21.4 Å². The minimum atomic E-state index is -5.88. The van der Waals surface area contributed by atoms with Crippen LogP contribution in [0.5, 0.6) is 11.5 Å². The van der Waals surface area contributed by atoms with Gasteiger partial charge in [-0.25, -0.2) is 0 Å². The lowest BCUT2D eigenvalue weighted by Crippen LogP contribution is -2.28. The summed E-state index contributed by atoms with van der Waals surface area (Å²) in [4.78, 5) is 16.6. The van der Waals surface area contributed by atoms with Gasteiger partial charge in [-0.05, 0) is 74.5 Å². The van der Waals surface area contributed by atoms with E-state index in [1.807, 2.05) is 0 Å². The molecule has 41 heavy (non-hydrogen) atoms. The fourth-order valence-electron chi connectivity index (χ4n) is 4.54. The van der Waals surface area contributed by atoms with Crippen molar-refractivity contribution in [3.05, 3.63) is 81.8 Å². The van der Waals surface area contributed by atoms with Crippen molar-refractivity contribution >= 4 is 60.5 Å². The van der Waals surface area contributed by atoms with E-state index in [1.54, 1.807) is 42.5 Å². The lowest BCUT2D eigenvalue weighted by molar-refractivity contribution is -0.0500. The van der Waals surface area contributed by atoms with Gasteiger partial charge in [-0.3, -0.25) is 9.69 Å². The normalized spacial score (nSPS) is 14.5. The zero-order valence-electron chi connectivity index (χ0n) is 21.2. The van der Waals surface area contributed by atoms with Gasteiger partial charge in [-0.15, -0.1) is 11.3 Å². The SMILES string of the molecule is O=C(c1ccc(OCCN2CCCC2)cc1)c1c(-c2cccc(Cl)c2Cl)sc2cc(OS(=O)(=O)C(F)(F)F)ccc12. The van der Waals surface area contributed by atoms with Crippen LogP contribution in [-0.4, -0.2) is 50.9 Å². The first-order valence-electron chi connectivity index (χ1n) is 12.5. The van der Waals surface area contributed by atoms with Crippen LogP contribution in [0.3, 0.4) is 0 Å². The minimum absolute atomic E-state index is 0.188. The predicted octanol–water partition coefficient (Wildman–Crippen LogP) is 7.81. The van der Waals surface area contributed by atoms with Gasteiger partial charge < -0.3 is 8.92 Å². The van der Waals surface area contributed by atoms with E-state index in [0.717, 1.165) is 43.1 Å². The molecule has 1 aromatic heterocycles. The second kappa shape index (κ2) is 11.8. The van der Waals surface area contributed by atoms with E-state index in [4.69, 9.17) is 27.9 Å². The van der Waals surface area contributed by atoms with Crippen LogP contribution >= 0.6 is 34.5 Å². The van der Waals surface area contributed by atoms with Crippen molar-refractivity contribution in [3.63, 3.8) is 0 Å². The number of carbonyl (C=O) groups is 1. The largest absolute Gasteiger partial charge is 0.534 e. The highest BCUT2D eigenvalue weighted by Gasteiger charge is 2.48. The van der Waals surface area contributed by atoms with E-state index in [-0.39, 0.29) is 21.4 Å². The van der Waals surface area contributed by atoms with Crippen LogP contribution in [0.15, 0.2) is 60.7 Å². The number of alkyl halides is 3. The average molecular weight is 645 g/mol. The third-order valence-electron chi connectivity index (χ3n) is 6.57. The van der Waals surface area contributed by atoms with Gasteiger partial charge in [-0.1, -0.05) is 35.3 Å². The first-order chi connectivity index (χ1) is 19.4. The van der Waals surface area contributed by atoms with E-state index >= 15 is 0 Å². The van der Waals surface area contributed by atoms with Crippen LogP contribution in [-0.2, 0) is 10.1 Å². The molecule has 0 saturated carbocycles. The van der Waals surface area contributed by atoms with E-state index in [1.165, 1.54) is 18.9 Å². The summed E-state index contributed by atoms with van der Waals surface area (Å²) in [6.07, 6.45) is 2.38. The molecule has 0 unspecified atom stereocenters. The number of fused-ring (bicyclic) bond motifs is 1. The molecule has 1 saturated heterocycles. The molecular formula is C28H22Cl2F3NO5S2. The summed E-state index contributed by atoms with van der Waals surface area (Å²) in [5.41, 5.74) is -4.57. The summed E-state index contributed by atoms with van der Waals surface area (Å²) in [6.45, 7) is 3.47. The summed E-state index contributed by atoms with van der Waals surface area (Å²) < 4.78 is 72.2. The Kier molecular flexibility index (Phi) is 8.54. The number of carbonyl (C=O) groups excluding carboxylic acids is 1. The number of hydrogen-bond donors (Lipinski definition) is 0. The molecule has 0 amide bonds. The van der Waals surface area contributed by atoms with Gasteiger partial charge in [0.2, 0.25) is 0 Å². The van der Waals surface area contributed by atoms with Gasteiger partial charge in [0, 0.05) is 38.2 Å². The van der Waals surface area contributed by atoms with Crippen molar-refractivity contribution in [1.29, 1.82) is 0 Å². The molecule has 4 aromatic rings. The lowest BCUT2D eigenvalue weighted by atomic mass is 9.97. The number of likely N-dealkylation sites (tertiary alicyclic amines) is 1. The number of benzene rings is 3. The van der Waals surface area contributed by atoms with Crippen molar-refractivity contribution in [2.24, 2.45) is 0 Å². The molecule has 3 aromatic carbocycles. The molecule has 13 heteroatoms. The maximum absolute atomic E-state index is 13.9. The first kappa shape index (κ1) is 29.7. The summed E-state index contributed by atoms with van der Waals surface area (Å²) in [5.74, 6) is -0.307. The topological polar surface area (TPSA) is 72.9 Å². The Balaban J connectivity index is 1.49. The molecule has 6 nitrogen and oxygen atoms in total. The monoisotopic (exact) mass is 643 g/mol. The Labute approximate surface area is 248 Å². The number of nitrogens with zero attached hydrogens (tertiary/aromatic N) is 1. The third-order valence-corrected chi connectivity index (χ3v) is 9.55. The van der Waals surface area contributed by atoms with Gasteiger partial charge in [0.25, 0.3) is 0 Å². The zero-order chi connectivity index (χ0) is 29.4. The molecule has 0 atom stereocenters.